The molecule has 13 heteroatoms. The molecule has 0 radical (unpaired) electrons. The molecule has 1 aromatic heterocycles. The molecule has 0 fully saturated rings. The van der Waals surface area contributed by atoms with Gasteiger partial charge in [-0.25, -0.2) is 4.79 Å². The van der Waals surface area contributed by atoms with E-state index in [9.17, 15) is 38.2 Å². The normalized spacial score (nSPS) is 12.2. The molecule has 0 spiro atoms. The minimum absolute atomic E-state index is 0.0974. The standard InChI is InChI=1S/C13H11F3N4O6/c1-12(2,3)10-17-18(11(21)26-10)9-7(19(22)23)4-6(13(14,15)16)5-8(9)20(24)25/h4-5H,1-3H3. The Labute approximate surface area is 142 Å². The molecule has 140 valence electrons. The summed E-state index contributed by atoms with van der Waals surface area (Å²) in [6.07, 6.45) is -5.07. The Hall–Kier alpha value is -3.25. The Morgan fingerprint density at radius 1 is 1.08 bits per heavy atom. The van der Waals surface area contributed by atoms with Gasteiger partial charge in [0.2, 0.25) is 11.6 Å². The minimum atomic E-state index is -5.07. The zero-order chi connectivity index (χ0) is 20.0. The van der Waals surface area contributed by atoms with Crippen LogP contribution in [0.2, 0.25) is 0 Å². The van der Waals surface area contributed by atoms with Crippen LogP contribution in [0.15, 0.2) is 21.3 Å². The largest absolute Gasteiger partial charge is 0.442 e. The average molecular weight is 376 g/mol. The molecule has 0 aliphatic carbocycles. The van der Waals surface area contributed by atoms with E-state index in [-0.39, 0.29) is 22.7 Å². The van der Waals surface area contributed by atoms with Crippen molar-refractivity contribution in [2.75, 3.05) is 0 Å². The molecule has 0 aliphatic rings. The monoisotopic (exact) mass is 376 g/mol. The van der Waals surface area contributed by atoms with Crippen molar-refractivity contribution in [1.82, 2.24) is 9.78 Å². The van der Waals surface area contributed by atoms with Gasteiger partial charge in [-0.15, -0.1) is 9.78 Å². The van der Waals surface area contributed by atoms with Crippen LogP contribution in [-0.4, -0.2) is 19.6 Å². The highest BCUT2D eigenvalue weighted by Gasteiger charge is 2.39. The van der Waals surface area contributed by atoms with E-state index in [0.29, 0.717) is 0 Å². The molecular weight excluding hydrogens is 365 g/mol. The molecule has 0 unspecified atom stereocenters. The van der Waals surface area contributed by atoms with Crippen LogP contribution in [0.25, 0.3) is 5.69 Å². The quantitative estimate of drug-likeness (QED) is 0.593. The summed E-state index contributed by atoms with van der Waals surface area (Å²) in [5, 5.41) is 26.1. The third-order valence-corrected chi connectivity index (χ3v) is 3.19. The summed E-state index contributed by atoms with van der Waals surface area (Å²) >= 11 is 0. The lowest BCUT2D eigenvalue weighted by Gasteiger charge is -2.11. The van der Waals surface area contributed by atoms with Gasteiger partial charge >= 0.3 is 23.3 Å². The molecule has 0 aliphatic heterocycles. The van der Waals surface area contributed by atoms with Gasteiger partial charge in [0.05, 0.1) is 15.4 Å². The fourth-order valence-electron chi connectivity index (χ4n) is 1.99. The van der Waals surface area contributed by atoms with Crippen LogP contribution in [0.4, 0.5) is 24.5 Å². The van der Waals surface area contributed by atoms with E-state index < -0.39 is 49.8 Å². The van der Waals surface area contributed by atoms with Crippen molar-refractivity contribution in [2.45, 2.75) is 32.4 Å². The van der Waals surface area contributed by atoms with E-state index in [1.165, 1.54) is 0 Å². The molecule has 10 nitrogen and oxygen atoms in total. The second-order valence-corrected chi connectivity index (χ2v) is 6.21. The number of hydrogen-bond acceptors (Lipinski definition) is 7. The highest BCUT2D eigenvalue weighted by molar-refractivity contribution is 5.66. The van der Waals surface area contributed by atoms with E-state index >= 15 is 0 Å². The predicted molar refractivity (Wildman–Crippen MR) is 79.1 cm³/mol. The van der Waals surface area contributed by atoms with Crippen molar-refractivity contribution in [2.24, 2.45) is 0 Å². The van der Waals surface area contributed by atoms with Crippen LogP contribution in [-0.2, 0) is 11.6 Å². The van der Waals surface area contributed by atoms with Gasteiger partial charge < -0.3 is 4.42 Å². The summed E-state index contributed by atoms with van der Waals surface area (Å²) in [4.78, 5) is 31.9. The lowest BCUT2D eigenvalue weighted by atomic mass is 9.97. The average Bonchev–Trinajstić information content (AvgIpc) is 2.86. The second-order valence-electron chi connectivity index (χ2n) is 6.21. The van der Waals surface area contributed by atoms with Gasteiger partial charge in [-0.3, -0.25) is 20.2 Å². The van der Waals surface area contributed by atoms with Crippen LogP contribution in [0.5, 0.6) is 0 Å². The maximum atomic E-state index is 12.9. The number of alkyl halides is 3. The van der Waals surface area contributed by atoms with Gasteiger partial charge in [0.15, 0.2) is 0 Å². The first-order valence-electron chi connectivity index (χ1n) is 6.88. The van der Waals surface area contributed by atoms with Gasteiger partial charge in [0.1, 0.15) is 0 Å². The number of benzene rings is 1. The molecular formula is C13H11F3N4O6. The highest BCUT2D eigenvalue weighted by atomic mass is 19.4. The Morgan fingerprint density at radius 2 is 1.54 bits per heavy atom. The number of nitro benzene ring substituents is 2. The molecule has 0 atom stereocenters. The van der Waals surface area contributed by atoms with E-state index in [0.717, 1.165) is 0 Å². The molecule has 0 N–H and O–H groups in total. The molecule has 26 heavy (non-hydrogen) atoms. The fourth-order valence-corrected chi connectivity index (χ4v) is 1.99. The van der Waals surface area contributed by atoms with Gasteiger partial charge in [-0.2, -0.15) is 13.2 Å². The van der Waals surface area contributed by atoms with Crippen molar-refractivity contribution >= 4 is 11.4 Å². The number of halogens is 3. The summed E-state index contributed by atoms with van der Waals surface area (Å²) < 4.78 is 43.8. The smallest absolute Gasteiger partial charge is 0.391 e. The van der Waals surface area contributed by atoms with E-state index in [1.807, 2.05) is 0 Å². The zero-order valence-corrected chi connectivity index (χ0v) is 13.5. The van der Waals surface area contributed by atoms with E-state index in [2.05, 4.69) is 5.10 Å². The van der Waals surface area contributed by atoms with Crippen molar-refractivity contribution in [3.05, 3.63) is 54.4 Å². The third-order valence-electron chi connectivity index (χ3n) is 3.19. The molecule has 0 saturated carbocycles. The Kier molecular flexibility index (Phi) is 4.35. The summed E-state index contributed by atoms with van der Waals surface area (Å²) in [5.41, 5.74) is -6.06. The summed E-state index contributed by atoms with van der Waals surface area (Å²) in [7, 11) is 0. The first kappa shape index (κ1) is 19.1. The number of hydrogen-bond donors (Lipinski definition) is 0. The number of aromatic nitrogens is 2. The zero-order valence-electron chi connectivity index (χ0n) is 13.5. The first-order valence-corrected chi connectivity index (χ1v) is 6.88. The summed E-state index contributed by atoms with van der Waals surface area (Å²) in [5.74, 6) is -1.51. The van der Waals surface area contributed by atoms with Gasteiger partial charge in [-0.1, -0.05) is 20.8 Å². The van der Waals surface area contributed by atoms with Gasteiger partial charge in [-0.05, 0) is 0 Å². The van der Waals surface area contributed by atoms with Crippen LogP contribution in [0.3, 0.4) is 0 Å². The molecule has 1 aromatic carbocycles. The lowest BCUT2D eigenvalue weighted by molar-refractivity contribution is -0.394. The summed E-state index contributed by atoms with van der Waals surface area (Å²) in [6.45, 7) is 4.74. The molecule has 2 rings (SSSR count). The fraction of sp³-hybridized carbons (Fsp3) is 0.385. The Bertz CT molecular complexity index is 919. The first-order chi connectivity index (χ1) is 11.7. The molecule has 0 saturated heterocycles. The van der Waals surface area contributed by atoms with Crippen LogP contribution in [0, 0.1) is 20.2 Å². The Morgan fingerprint density at radius 3 is 1.85 bits per heavy atom. The summed E-state index contributed by atoms with van der Waals surface area (Å²) in [6, 6.07) is 0.195. The predicted octanol–water partition coefficient (Wildman–Crippen LogP) is 2.96. The number of rotatable bonds is 3. The SMILES string of the molecule is CC(C)(C)c1nn(-c2c([N+](=O)[O-])cc(C(F)(F)F)cc2[N+](=O)[O-])c(=O)o1. The van der Waals surface area contributed by atoms with Crippen LogP contribution in [0.1, 0.15) is 32.2 Å². The highest BCUT2D eigenvalue weighted by Crippen LogP contribution is 2.39. The van der Waals surface area contributed by atoms with Crippen molar-refractivity contribution in [1.29, 1.82) is 0 Å². The number of nitrogens with zero attached hydrogens (tertiary/aromatic N) is 4. The van der Waals surface area contributed by atoms with Gasteiger partial charge in [0.25, 0.3) is 0 Å². The molecule has 2 aromatic rings. The van der Waals surface area contributed by atoms with Crippen molar-refractivity contribution < 1.29 is 27.4 Å². The molecule has 1 heterocycles. The number of nitro groups is 2. The molecule has 0 amide bonds. The van der Waals surface area contributed by atoms with Crippen LogP contribution < -0.4 is 5.76 Å². The second kappa shape index (κ2) is 5.93. The van der Waals surface area contributed by atoms with Crippen molar-refractivity contribution in [3.63, 3.8) is 0 Å². The van der Waals surface area contributed by atoms with E-state index in [1.54, 1.807) is 20.8 Å². The maximum Gasteiger partial charge on any atom is 0.442 e. The Balaban J connectivity index is 2.92. The lowest BCUT2D eigenvalue weighted by Crippen LogP contribution is -2.18. The molecule has 0 bridgehead atoms. The topological polar surface area (TPSA) is 134 Å². The van der Waals surface area contributed by atoms with Crippen molar-refractivity contribution in [3.8, 4) is 5.69 Å². The van der Waals surface area contributed by atoms with Crippen LogP contribution >= 0.6 is 0 Å². The third kappa shape index (κ3) is 3.41. The van der Waals surface area contributed by atoms with E-state index in [4.69, 9.17) is 4.42 Å². The minimum Gasteiger partial charge on any atom is -0.391 e. The van der Waals surface area contributed by atoms with Gasteiger partial charge in [0, 0.05) is 17.5 Å². The maximum absolute atomic E-state index is 12.9.